The van der Waals surface area contributed by atoms with E-state index in [9.17, 15) is 0 Å². The summed E-state index contributed by atoms with van der Waals surface area (Å²) in [5, 5.41) is 5.48. The molecule has 0 amide bonds. The van der Waals surface area contributed by atoms with E-state index >= 15 is 0 Å². The lowest BCUT2D eigenvalue weighted by atomic mass is 10.2. The summed E-state index contributed by atoms with van der Waals surface area (Å²) >= 11 is 3.48. The van der Waals surface area contributed by atoms with Gasteiger partial charge in [-0.1, -0.05) is 0 Å². The largest absolute Gasteiger partial charge is 0.399 e. The van der Waals surface area contributed by atoms with Crippen molar-refractivity contribution in [3.63, 3.8) is 0 Å². The van der Waals surface area contributed by atoms with Gasteiger partial charge in [-0.3, -0.25) is 4.68 Å². The lowest BCUT2D eigenvalue weighted by Gasteiger charge is -1.97. The lowest BCUT2D eigenvalue weighted by molar-refractivity contribution is 0.751. The predicted octanol–water partition coefficient (Wildman–Crippen LogP) is 2.23. The van der Waals surface area contributed by atoms with E-state index in [4.69, 9.17) is 5.73 Å². The Hall–Kier alpha value is -1.03. The molecule has 0 saturated heterocycles. The smallest absolute Gasteiger partial charge is 0.0957 e. The van der Waals surface area contributed by atoms with Crippen molar-refractivity contribution in [1.82, 2.24) is 9.78 Å². The molecule has 0 aliphatic rings. The Balaban J connectivity index is 2.94. The number of hydrogen-bond donors (Lipinski definition) is 1. The third-order valence-electron chi connectivity index (χ3n) is 2.20. The molecule has 68 valence electrons. The van der Waals surface area contributed by atoms with Crippen LogP contribution in [-0.2, 0) is 7.05 Å². The zero-order valence-corrected chi connectivity index (χ0v) is 9.09. The van der Waals surface area contributed by atoms with E-state index in [1.807, 2.05) is 30.8 Å². The number of fused-ring (bicyclic) bond motifs is 1. The van der Waals surface area contributed by atoms with Gasteiger partial charge in [-0.05, 0) is 35.0 Å². The minimum Gasteiger partial charge on any atom is -0.399 e. The number of benzene rings is 1. The molecule has 13 heavy (non-hydrogen) atoms. The maximum atomic E-state index is 5.70. The van der Waals surface area contributed by atoms with Gasteiger partial charge in [0.25, 0.3) is 0 Å². The average molecular weight is 240 g/mol. The topological polar surface area (TPSA) is 43.8 Å². The second-order valence-corrected chi connectivity index (χ2v) is 3.96. The number of rotatable bonds is 0. The second kappa shape index (κ2) is 2.73. The van der Waals surface area contributed by atoms with E-state index in [-0.39, 0.29) is 0 Å². The van der Waals surface area contributed by atoms with E-state index in [0.29, 0.717) is 0 Å². The number of aryl methyl sites for hydroxylation is 2. The van der Waals surface area contributed by atoms with Crippen LogP contribution in [0.4, 0.5) is 5.69 Å². The Morgan fingerprint density at radius 2 is 2.15 bits per heavy atom. The predicted molar refractivity (Wildman–Crippen MR) is 57.6 cm³/mol. The molecule has 2 N–H and O–H groups in total. The van der Waals surface area contributed by atoms with Crippen LogP contribution in [0, 0.1) is 6.92 Å². The Morgan fingerprint density at radius 3 is 2.85 bits per heavy atom. The quantitative estimate of drug-likeness (QED) is 0.717. The Kier molecular flexibility index (Phi) is 1.80. The number of nitrogens with zero attached hydrogens (tertiary/aromatic N) is 2. The first-order valence-corrected chi connectivity index (χ1v) is 4.77. The van der Waals surface area contributed by atoms with Crippen molar-refractivity contribution in [3.8, 4) is 0 Å². The zero-order valence-electron chi connectivity index (χ0n) is 7.50. The molecule has 4 heteroatoms. The Labute approximate surface area is 84.7 Å². The van der Waals surface area contributed by atoms with Crippen molar-refractivity contribution < 1.29 is 0 Å². The summed E-state index contributed by atoms with van der Waals surface area (Å²) < 4.78 is 2.86. The van der Waals surface area contributed by atoms with Crippen molar-refractivity contribution in [1.29, 1.82) is 0 Å². The third kappa shape index (κ3) is 1.21. The summed E-state index contributed by atoms with van der Waals surface area (Å²) in [4.78, 5) is 0. The fourth-order valence-electron chi connectivity index (χ4n) is 1.45. The molecule has 2 rings (SSSR count). The van der Waals surface area contributed by atoms with Crippen LogP contribution in [0.5, 0.6) is 0 Å². The first-order chi connectivity index (χ1) is 6.09. The van der Waals surface area contributed by atoms with Crippen molar-refractivity contribution in [3.05, 3.63) is 22.3 Å². The summed E-state index contributed by atoms with van der Waals surface area (Å²) in [6.45, 7) is 2.04. The van der Waals surface area contributed by atoms with Crippen molar-refractivity contribution >= 4 is 32.5 Å². The number of hydrogen-bond acceptors (Lipinski definition) is 2. The molecule has 1 aromatic carbocycles. The summed E-state index contributed by atoms with van der Waals surface area (Å²) in [7, 11) is 1.93. The second-order valence-electron chi connectivity index (χ2n) is 3.11. The first-order valence-electron chi connectivity index (χ1n) is 3.98. The molecule has 0 saturated carbocycles. The van der Waals surface area contributed by atoms with Crippen LogP contribution in [0.2, 0.25) is 0 Å². The maximum Gasteiger partial charge on any atom is 0.0957 e. The van der Waals surface area contributed by atoms with E-state index in [1.165, 1.54) is 0 Å². The van der Waals surface area contributed by atoms with Crippen molar-refractivity contribution in [2.45, 2.75) is 6.92 Å². The van der Waals surface area contributed by atoms with E-state index in [2.05, 4.69) is 21.0 Å². The van der Waals surface area contributed by atoms with Crippen LogP contribution in [0.1, 0.15) is 5.69 Å². The highest BCUT2D eigenvalue weighted by atomic mass is 79.9. The highest BCUT2D eigenvalue weighted by molar-refractivity contribution is 9.10. The van der Waals surface area contributed by atoms with Gasteiger partial charge in [0.05, 0.1) is 5.52 Å². The number of halogens is 1. The number of nitrogen functional groups attached to an aromatic ring is 1. The fourth-order valence-corrected chi connectivity index (χ4v) is 2.20. The monoisotopic (exact) mass is 239 g/mol. The average Bonchev–Trinajstić information content (AvgIpc) is 2.27. The molecule has 2 aromatic rings. The molecule has 0 aliphatic heterocycles. The van der Waals surface area contributed by atoms with Crippen LogP contribution >= 0.6 is 15.9 Å². The number of aromatic nitrogens is 2. The van der Waals surface area contributed by atoms with Crippen LogP contribution in [-0.4, -0.2) is 9.78 Å². The summed E-state index contributed by atoms with van der Waals surface area (Å²) in [6, 6.07) is 3.78. The van der Waals surface area contributed by atoms with Gasteiger partial charge in [-0.25, -0.2) is 0 Å². The number of anilines is 1. The fraction of sp³-hybridized carbons (Fsp3) is 0.222. The minimum atomic E-state index is 0.734. The maximum absolute atomic E-state index is 5.70. The molecular formula is C9H10BrN3. The molecule has 0 radical (unpaired) electrons. The minimum absolute atomic E-state index is 0.734. The summed E-state index contributed by atoms with van der Waals surface area (Å²) in [6.07, 6.45) is 0. The van der Waals surface area contributed by atoms with Gasteiger partial charge < -0.3 is 5.73 Å². The molecule has 0 fully saturated rings. The van der Waals surface area contributed by atoms with Gasteiger partial charge in [-0.15, -0.1) is 0 Å². The van der Waals surface area contributed by atoms with Crippen molar-refractivity contribution in [2.75, 3.05) is 5.73 Å². The third-order valence-corrected chi connectivity index (χ3v) is 2.82. The standard InChI is InChI=1S/C9H10BrN3/c1-5-9-7(10)3-6(11)4-8(9)12-13(5)2/h3-4H,11H2,1-2H3. The van der Waals surface area contributed by atoms with E-state index in [0.717, 1.165) is 26.8 Å². The van der Waals surface area contributed by atoms with Gasteiger partial charge in [0.15, 0.2) is 0 Å². The lowest BCUT2D eigenvalue weighted by Crippen LogP contribution is -1.91. The highest BCUT2D eigenvalue weighted by Gasteiger charge is 2.08. The van der Waals surface area contributed by atoms with E-state index in [1.54, 1.807) is 0 Å². The molecule has 0 aliphatic carbocycles. The zero-order chi connectivity index (χ0) is 9.59. The Bertz CT molecular complexity index is 473. The van der Waals surface area contributed by atoms with Crippen LogP contribution < -0.4 is 5.73 Å². The van der Waals surface area contributed by atoms with Crippen LogP contribution in [0.25, 0.3) is 10.9 Å². The normalized spacial score (nSPS) is 11.0. The molecule has 3 nitrogen and oxygen atoms in total. The SMILES string of the molecule is Cc1c2c(Br)cc(N)cc2nn1C. The van der Waals surface area contributed by atoms with Gasteiger partial charge in [0.1, 0.15) is 0 Å². The van der Waals surface area contributed by atoms with Gasteiger partial charge in [-0.2, -0.15) is 5.10 Å². The van der Waals surface area contributed by atoms with Gasteiger partial charge in [0, 0.05) is 28.3 Å². The Morgan fingerprint density at radius 1 is 1.46 bits per heavy atom. The molecular weight excluding hydrogens is 230 g/mol. The van der Waals surface area contributed by atoms with Gasteiger partial charge >= 0.3 is 0 Å². The molecule has 0 bridgehead atoms. The van der Waals surface area contributed by atoms with Crippen molar-refractivity contribution in [2.24, 2.45) is 7.05 Å². The first kappa shape index (κ1) is 8.56. The van der Waals surface area contributed by atoms with E-state index < -0.39 is 0 Å². The van der Waals surface area contributed by atoms with Crippen LogP contribution in [0.15, 0.2) is 16.6 Å². The summed E-state index contributed by atoms with van der Waals surface area (Å²) in [5.41, 5.74) is 8.52. The molecule has 1 heterocycles. The van der Waals surface area contributed by atoms with Crippen LogP contribution in [0.3, 0.4) is 0 Å². The summed E-state index contributed by atoms with van der Waals surface area (Å²) in [5.74, 6) is 0. The number of nitrogens with two attached hydrogens (primary N) is 1. The molecule has 0 atom stereocenters. The van der Waals surface area contributed by atoms with Gasteiger partial charge in [0.2, 0.25) is 0 Å². The highest BCUT2D eigenvalue weighted by Crippen LogP contribution is 2.28. The molecule has 0 unspecified atom stereocenters. The molecule has 0 spiro atoms. The molecule has 1 aromatic heterocycles.